The third-order valence-electron chi connectivity index (χ3n) is 2.09. The number of aliphatic hydroxyl groups excluding tert-OH is 4. The van der Waals surface area contributed by atoms with Gasteiger partial charge < -0.3 is 40.1 Å². The number of carboxylic acid groups (broad SMARTS) is 2. The van der Waals surface area contributed by atoms with Crippen LogP contribution in [0.25, 0.3) is 0 Å². The maximum Gasteiger partial charge on any atom is 0.335 e. The summed E-state index contributed by atoms with van der Waals surface area (Å²) < 4.78 is 9.79. The first-order valence-corrected chi connectivity index (χ1v) is 7.34. The van der Waals surface area contributed by atoms with Gasteiger partial charge in [-0.3, -0.25) is 0 Å². The third kappa shape index (κ3) is 20.7. The summed E-state index contributed by atoms with van der Waals surface area (Å²) in [6, 6.07) is 0. The second kappa shape index (κ2) is 18.0. The molecule has 10 nitrogen and oxygen atoms in total. The van der Waals surface area contributed by atoms with E-state index in [1.54, 1.807) is 13.8 Å². The molecule has 0 radical (unpaired) electrons. The Hall–Kier alpha value is -1.30. The Morgan fingerprint density at radius 3 is 1.46 bits per heavy atom. The summed E-state index contributed by atoms with van der Waals surface area (Å²) in [5.41, 5.74) is 0. The van der Waals surface area contributed by atoms with Gasteiger partial charge in [0, 0.05) is 13.2 Å². The van der Waals surface area contributed by atoms with Crippen LogP contribution >= 0.6 is 0 Å². The van der Waals surface area contributed by atoms with Gasteiger partial charge in [-0.25, -0.2) is 9.59 Å². The Balaban J connectivity index is -0.000000291. The van der Waals surface area contributed by atoms with Crippen molar-refractivity contribution in [3.63, 3.8) is 0 Å². The molecule has 0 aromatic carbocycles. The van der Waals surface area contributed by atoms with Crippen molar-refractivity contribution < 1.29 is 49.7 Å². The SMILES string of the molecule is CC(O)COC(C)CO.CCOCC.O=C(O)C(O)C(O)C(=O)O. The number of aliphatic hydroxyl groups is 4. The summed E-state index contributed by atoms with van der Waals surface area (Å²) in [6.45, 7) is 9.36. The number of ether oxygens (including phenoxy) is 2. The van der Waals surface area contributed by atoms with Gasteiger partial charge in [-0.2, -0.15) is 0 Å². The predicted octanol–water partition coefficient (Wildman–Crippen LogP) is -1.32. The molecule has 146 valence electrons. The van der Waals surface area contributed by atoms with Crippen molar-refractivity contribution in [1.82, 2.24) is 0 Å². The smallest absolute Gasteiger partial charge is 0.335 e. The molecule has 0 aliphatic rings. The minimum Gasteiger partial charge on any atom is -0.479 e. The molecule has 0 saturated heterocycles. The summed E-state index contributed by atoms with van der Waals surface area (Å²) in [5.74, 6) is -3.54. The summed E-state index contributed by atoms with van der Waals surface area (Å²) in [5, 5.41) is 49.7. The molecule has 0 spiro atoms. The number of hydrogen-bond donors (Lipinski definition) is 6. The predicted molar refractivity (Wildman–Crippen MR) is 83.6 cm³/mol. The Labute approximate surface area is 141 Å². The van der Waals surface area contributed by atoms with Crippen molar-refractivity contribution in [3.8, 4) is 0 Å². The van der Waals surface area contributed by atoms with Gasteiger partial charge >= 0.3 is 11.9 Å². The van der Waals surface area contributed by atoms with Gasteiger partial charge in [0.2, 0.25) is 0 Å². The minimum absolute atomic E-state index is 0.00667. The molecule has 24 heavy (non-hydrogen) atoms. The molecule has 4 unspecified atom stereocenters. The van der Waals surface area contributed by atoms with E-state index >= 15 is 0 Å². The molecule has 0 aromatic heterocycles. The zero-order valence-electron chi connectivity index (χ0n) is 14.5. The van der Waals surface area contributed by atoms with Crippen LogP contribution < -0.4 is 0 Å². The fourth-order valence-corrected chi connectivity index (χ4v) is 0.830. The van der Waals surface area contributed by atoms with E-state index < -0.39 is 30.3 Å². The first-order valence-electron chi connectivity index (χ1n) is 7.34. The summed E-state index contributed by atoms with van der Waals surface area (Å²) >= 11 is 0. The lowest BCUT2D eigenvalue weighted by Gasteiger charge is -2.10. The Bertz CT molecular complexity index is 288. The molecule has 0 amide bonds. The van der Waals surface area contributed by atoms with Crippen molar-refractivity contribution in [2.45, 2.75) is 52.1 Å². The molecule has 0 aliphatic heterocycles. The Morgan fingerprint density at radius 1 is 0.917 bits per heavy atom. The standard InChI is InChI=1S/C6H14O3.C4H6O6.C4H10O/c1-5(8)4-9-6(2)3-7;5-1(3(7)8)2(6)4(9)10;1-3-5-4-2/h5-8H,3-4H2,1-2H3;1-2,5-6H,(H,7,8)(H,9,10);3-4H2,1-2H3. The van der Waals surface area contributed by atoms with Crippen molar-refractivity contribution in [3.05, 3.63) is 0 Å². The fraction of sp³-hybridized carbons (Fsp3) is 0.857. The van der Waals surface area contributed by atoms with Crippen molar-refractivity contribution in [2.75, 3.05) is 26.4 Å². The van der Waals surface area contributed by atoms with Gasteiger partial charge in [0.1, 0.15) is 0 Å². The van der Waals surface area contributed by atoms with E-state index in [9.17, 15) is 9.59 Å². The monoisotopic (exact) mass is 358 g/mol. The highest BCUT2D eigenvalue weighted by Gasteiger charge is 2.29. The molecule has 0 aliphatic carbocycles. The normalized spacial score (nSPS) is 14.8. The molecular weight excluding hydrogens is 328 g/mol. The van der Waals surface area contributed by atoms with Crippen molar-refractivity contribution >= 4 is 11.9 Å². The van der Waals surface area contributed by atoms with E-state index in [0.29, 0.717) is 6.61 Å². The molecule has 0 heterocycles. The highest BCUT2D eigenvalue weighted by atomic mass is 16.5. The lowest BCUT2D eigenvalue weighted by atomic mass is 10.2. The number of hydrogen-bond acceptors (Lipinski definition) is 8. The highest BCUT2D eigenvalue weighted by molar-refractivity contribution is 5.83. The zero-order valence-corrected chi connectivity index (χ0v) is 14.5. The van der Waals surface area contributed by atoms with E-state index in [4.69, 9.17) is 40.1 Å². The molecule has 0 fully saturated rings. The average Bonchev–Trinajstić information content (AvgIpc) is 2.52. The van der Waals surface area contributed by atoms with E-state index in [-0.39, 0.29) is 12.7 Å². The van der Waals surface area contributed by atoms with E-state index in [1.165, 1.54) is 0 Å². The highest BCUT2D eigenvalue weighted by Crippen LogP contribution is 1.92. The van der Waals surface area contributed by atoms with Gasteiger partial charge in [-0.15, -0.1) is 0 Å². The molecule has 0 saturated carbocycles. The summed E-state index contributed by atoms with van der Waals surface area (Å²) in [6.07, 6.45) is -5.14. The number of aliphatic carboxylic acids is 2. The van der Waals surface area contributed by atoms with Crippen LogP contribution in [0.15, 0.2) is 0 Å². The fourth-order valence-electron chi connectivity index (χ4n) is 0.830. The Morgan fingerprint density at radius 2 is 1.29 bits per heavy atom. The molecule has 6 N–H and O–H groups in total. The molecular formula is C14H30O10. The number of rotatable bonds is 9. The Kier molecular flexibility index (Phi) is 20.7. The second-order valence-electron chi connectivity index (χ2n) is 4.52. The van der Waals surface area contributed by atoms with Crippen molar-refractivity contribution in [1.29, 1.82) is 0 Å². The van der Waals surface area contributed by atoms with Crippen LogP contribution in [0.1, 0.15) is 27.7 Å². The van der Waals surface area contributed by atoms with Crippen molar-refractivity contribution in [2.24, 2.45) is 0 Å². The van der Waals surface area contributed by atoms with Crippen LogP contribution in [0.4, 0.5) is 0 Å². The zero-order chi connectivity index (χ0) is 19.7. The van der Waals surface area contributed by atoms with Gasteiger partial charge in [0.15, 0.2) is 12.2 Å². The first-order chi connectivity index (χ1) is 11.0. The number of carboxylic acids is 2. The maximum absolute atomic E-state index is 9.77. The lowest BCUT2D eigenvalue weighted by Crippen LogP contribution is -2.39. The van der Waals surface area contributed by atoms with Crippen LogP contribution in [0.2, 0.25) is 0 Å². The van der Waals surface area contributed by atoms with E-state index in [1.807, 2.05) is 13.8 Å². The second-order valence-corrected chi connectivity index (χ2v) is 4.52. The van der Waals surface area contributed by atoms with Crippen LogP contribution in [0.3, 0.4) is 0 Å². The number of carbonyl (C=O) groups is 2. The van der Waals surface area contributed by atoms with Crippen LogP contribution in [0.5, 0.6) is 0 Å². The van der Waals surface area contributed by atoms with Crippen LogP contribution in [0, 0.1) is 0 Å². The summed E-state index contributed by atoms with van der Waals surface area (Å²) in [7, 11) is 0. The van der Waals surface area contributed by atoms with Gasteiger partial charge in [-0.05, 0) is 27.7 Å². The quantitative estimate of drug-likeness (QED) is 0.290. The van der Waals surface area contributed by atoms with Gasteiger partial charge in [-0.1, -0.05) is 0 Å². The van der Waals surface area contributed by atoms with Gasteiger partial charge in [0.05, 0.1) is 25.4 Å². The maximum atomic E-state index is 9.77. The average molecular weight is 358 g/mol. The molecule has 0 bridgehead atoms. The van der Waals surface area contributed by atoms with E-state index in [2.05, 4.69) is 0 Å². The molecule has 0 rings (SSSR count). The topological polar surface area (TPSA) is 174 Å². The third-order valence-corrected chi connectivity index (χ3v) is 2.09. The van der Waals surface area contributed by atoms with E-state index in [0.717, 1.165) is 13.2 Å². The van der Waals surface area contributed by atoms with Crippen LogP contribution in [-0.2, 0) is 19.1 Å². The molecule has 10 heteroatoms. The summed E-state index contributed by atoms with van der Waals surface area (Å²) in [4.78, 5) is 19.5. The molecule has 0 aromatic rings. The largest absolute Gasteiger partial charge is 0.479 e. The molecule has 4 atom stereocenters. The lowest BCUT2D eigenvalue weighted by molar-refractivity contribution is -0.165. The minimum atomic E-state index is -2.27. The van der Waals surface area contributed by atoms with Crippen LogP contribution in [-0.4, -0.2) is 93.4 Å². The van der Waals surface area contributed by atoms with Gasteiger partial charge in [0.25, 0.3) is 0 Å². The first kappa shape index (κ1) is 27.5.